The Morgan fingerprint density at radius 1 is 1.19 bits per heavy atom. The van der Waals surface area contributed by atoms with Crippen LogP contribution in [0.1, 0.15) is 44.6 Å². The van der Waals surface area contributed by atoms with Gasteiger partial charge in [-0.2, -0.15) is 5.10 Å². The van der Waals surface area contributed by atoms with E-state index < -0.39 is 5.97 Å². The smallest absolute Gasteiger partial charge is 0.343 e. The molecular formula is C24H31N5O3. The van der Waals surface area contributed by atoms with Gasteiger partial charge in [0.25, 0.3) is 0 Å². The van der Waals surface area contributed by atoms with Crippen molar-refractivity contribution in [1.29, 1.82) is 0 Å². The van der Waals surface area contributed by atoms with E-state index in [0.717, 1.165) is 29.2 Å². The average molecular weight is 438 g/mol. The van der Waals surface area contributed by atoms with Crippen LogP contribution in [-0.2, 0) is 27.3 Å². The summed E-state index contributed by atoms with van der Waals surface area (Å²) in [5.74, 6) is -0.189. The van der Waals surface area contributed by atoms with E-state index in [4.69, 9.17) is 4.74 Å². The lowest BCUT2D eigenvalue weighted by Crippen LogP contribution is -2.36. The fraction of sp³-hybridized carbons (Fsp3) is 0.417. The van der Waals surface area contributed by atoms with Crippen LogP contribution < -0.4 is 10.6 Å². The summed E-state index contributed by atoms with van der Waals surface area (Å²) < 4.78 is 7.18. The summed E-state index contributed by atoms with van der Waals surface area (Å²) in [5, 5.41) is 10.6. The number of amidine groups is 1. The Labute approximate surface area is 188 Å². The van der Waals surface area contributed by atoms with Crippen molar-refractivity contribution in [3.05, 3.63) is 52.5 Å². The van der Waals surface area contributed by atoms with Crippen LogP contribution >= 0.6 is 0 Å². The van der Waals surface area contributed by atoms with Crippen molar-refractivity contribution in [3.8, 4) is 0 Å². The molecule has 32 heavy (non-hydrogen) atoms. The van der Waals surface area contributed by atoms with Gasteiger partial charge in [0, 0.05) is 23.5 Å². The second-order valence-corrected chi connectivity index (χ2v) is 8.27. The van der Waals surface area contributed by atoms with Crippen molar-refractivity contribution in [2.24, 2.45) is 10.9 Å². The fourth-order valence-corrected chi connectivity index (χ4v) is 3.69. The molecule has 0 bridgehead atoms. The molecular weight excluding hydrogens is 406 g/mol. The van der Waals surface area contributed by atoms with Gasteiger partial charge in [-0.05, 0) is 45.7 Å². The number of para-hydroxylation sites is 2. The Hall–Kier alpha value is -3.42. The highest BCUT2D eigenvalue weighted by molar-refractivity contribution is 6.24. The van der Waals surface area contributed by atoms with Crippen LogP contribution in [0.15, 0.2) is 40.5 Å². The highest BCUT2D eigenvalue weighted by Gasteiger charge is 2.26. The van der Waals surface area contributed by atoms with Crippen LogP contribution in [0.5, 0.6) is 0 Å². The number of hydrogen-bond acceptors (Lipinski definition) is 6. The van der Waals surface area contributed by atoms with Gasteiger partial charge in [-0.1, -0.05) is 26.0 Å². The lowest BCUT2D eigenvalue weighted by atomic mass is 10.1. The van der Waals surface area contributed by atoms with Crippen molar-refractivity contribution in [2.75, 3.05) is 11.9 Å². The van der Waals surface area contributed by atoms with Gasteiger partial charge < -0.3 is 15.4 Å². The molecule has 0 unspecified atom stereocenters. The number of aliphatic imine (C=N–C) groups is 1. The molecule has 3 rings (SSSR count). The minimum absolute atomic E-state index is 0.138. The third-order valence-electron chi connectivity index (χ3n) is 5.21. The third-order valence-corrected chi connectivity index (χ3v) is 5.21. The molecule has 1 aromatic carbocycles. The first-order valence-electron chi connectivity index (χ1n) is 10.9. The standard InChI is InChI=1S/C24H31N5O3/c1-7-32-24(31)22-16(5)25-19-10-8-9-11-20(19)26-23(22)27-21(30)12-18-15(4)28-29(17(18)6)13-14(2)3/h8-11,14,25H,7,12-13H2,1-6H3,(H,26,27,30). The number of amides is 1. The number of carbonyl (C=O) groups excluding carboxylic acids is 2. The van der Waals surface area contributed by atoms with Gasteiger partial charge in [0.15, 0.2) is 0 Å². The van der Waals surface area contributed by atoms with Gasteiger partial charge in [0.05, 0.1) is 30.1 Å². The van der Waals surface area contributed by atoms with Gasteiger partial charge >= 0.3 is 5.97 Å². The number of allylic oxidation sites excluding steroid dienone is 1. The zero-order chi connectivity index (χ0) is 23.4. The van der Waals surface area contributed by atoms with Crippen molar-refractivity contribution in [3.63, 3.8) is 0 Å². The highest BCUT2D eigenvalue weighted by atomic mass is 16.5. The third kappa shape index (κ3) is 5.07. The minimum atomic E-state index is -0.540. The molecule has 170 valence electrons. The van der Waals surface area contributed by atoms with Crippen LogP contribution in [0.4, 0.5) is 11.4 Å². The summed E-state index contributed by atoms with van der Waals surface area (Å²) in [6.07, 6.45) is 0.138. The molecule has 1 aliphatic heterocycles. The number of rotatable bonds is 6. The van der Waals surface area contributed by atoms with E-state index in [1.165, 1.54) is 0 Å². The molecule has 0 atom stereocenters. The molecule has 0 saturated heterocycles. The Bertz CT molecular complexity index is 1100. The quantitative estimate of drug-likeness (QED) is 0.670. The van der Waals surface area contributed by atoms with E-state index in [0.29, 0.717) is 17.3 Å². The molecule has 0 saturated carbocycles. The lowest BCUT2D eigenvalue weighted by molar-refractivity contribution is -0.137. The SMILES string of the molecule is CCOC(=O)C1=C(C)Nc2ccccc2N=C1NC(=O)Cc1c(C)nn(CC(C)C)c1C. The number of anilines is 1. The molecule has 2 N–H and O–H groups in total. The van der Waals surface area contributed by atoms with Gasteiger partial charge in [-0.25, -0.2) is 9.79 Å². The Kier molecular flexibility index (Phi) is 7.12. The molecule has 1 aromatic heterocycles. The zero-order valence-electron chi connectivity index (χ0n) is 19.6. The summed E-state index contributed by atoms with van der Waals surface area (Å²) in [7, 11) is 0. The van der Waals surface area contributed by atoms with Crippen molar-refractivity contribution in [1.82, 2.24) is 15.1 Å². The molecule has 2 heterocycles. The number of esters is 1. The number of aromatic nitrogens is 2. The van der Waals surface area contributed by atoms with Gasteiger partial charge in [-0.15, -0.1) is 0 Å². The molecule has 2 aromatic rings. The first-order valence-corrected chi connectivity index (χ1v) is 10.9. The van der Waals surface area contributed by atoms with Gasteiger partial charge in [0.1, 0.15) is 11.4 Å². The number of nitrogens with zero attached hydrogens (tertiary/aromatic N) is 3. The average Bonchev–Trinajstić information content (AvgIpc) is 2.88. The predicted molar refractivity (Wildman–Crippen MR) is 125 cm³/mol. The summed E-state index contributed by atoms with van der Waals surface area (Å²) in [6.45, 7) is 12.7. The molecule has 8 nitrogen and oxygen atoms in total. The Morgan fingerprint density at radius 2 is 1.91 bits per heavy atom. The maximum atomic E-state index is 13.0. The van der Waals surface area contributed by atoms with Crippen LogP contribution in [0, 0.1) is 19.8 Å². The summed E-state index contributed by atoms with van der Waals surface area (Å²) in [4.78, 5) is 30.3. The van der Waals surface area contributed by atoms with Crippen LogP contribution in [0.2, 0.25) is 0 Å². The number of ether oxygens (including phenoxy) is 1. The molecule has 1 amide bonds. The molecule has 1 aliphatic rings. The summed E-state index contributed by atoms with van der Waals surface area (Å²) in [6, 6.07) is 7.42. The zero-order valence-corrected chi connectivity index (χ0v) is 19.6. The first-order chi connectivity index (χ1) is 15.2. The largest absolute Gasteiger partial charge is 0.462 e. The molecule has 0 spiro atoms. The van der Waals surface area contributed by atoms with E-state index >= 15 is 0 Å². The van der Waals surface area contributed by atoms with Crippen molar-refractivity contribution < 1.29 is 14.3 Å². The van der Waals surface area contributed by atoms with E-state index in [9.17, 15) is 9.59 Å². The first kappa shape index (κ1) is 23.2. The molecule has 0 aliphatic carbocycles. The van der Waals surface area contributed by atoms with Crippen molar-refractivity contribution >= 4 is 29.1 Å². The maximum Gasteiger partial charge on any atom is 0.343 e. The van der Waals surface area contributed by atoms with Gasteiger partial charge in [-0.3, -0.25) is 9.48 Å². The molecule has 0 radical (unpaired) electrons. The molecule has 0 fully saturated rings. The van der Waals surface area contributed by atoms with Crippen LogP contribution in [-0.4, -0.2) is 34.1 Å². The summed E-state index contributed by atoms with van der Waals surface area (Å²) >= 11 is 0. The second-order valence-electron chi connectivity index (χ2n) is 8.27. The van der Waals surface area contributed by atoms with E-state index in [1.54, 1.807) is 13.8 Å². The maximum absolute atomic E-state index is 13.0. The topological polar surface area (TPSA) is 97.6 Å². The fourth-order valence-electron chi connectivity index (χ4n) is 3.69. The van der Waals surface area contributed by atoms with Crippen LogP contribution in [0.3, 0.4) is 0 Å². The normalized spacial score (nSPS) is 13.3. The number of nitrogens with one attached hydrogen (secondary N) is 2. The van der Waals surface area contributed by atoms with E-state index in [2.05, 4.69) is 34.6 Å². The lowest BCUT2D eigenvalue weighted by Gasteiger charge is -2.13. The Morgan fingerprint density at radius 3 is 2.59 bits per heavy atom. The highest BCUT2D eigenvalue weighted by Crippen LogP contribution is 2.30. The Balaban J connectivity index is 1.92. The van der Waals surface area contributed by atoms with Crippen LogP contribution in [0.25, 0.3) is 0 Å². The number of carbonyl (C=O) groups is 2. The number of benzene rings is 1. The minimum Gasteiger partial charge on any atom is -0.462 e. The number of hydrogen-bond donors (Lipinski definition) is 2. The number of aryl methyl sites for hydroxylation is 1. The second kappa shape index (κ2) is 9.80. The monoisotopic (exact) mass is 437 g/mol. The van der Waals surface area contributed by atoms with Gasteiger partial charge in [0.2, 0.25) is 5.91 Å². The number of fused-ring (bicyclic) bond motifs is 1. The van der Waals surface area contributed by atoms with E-state index in [-0.39, 0.29) is 30.3 Å². The predicted octanol–water partition coefficient (Wildman–Crippen LogP) is 3.81. The summed E-state index contributed by atoms with van der Waals surface area (Å²) in [5.41, 5.74) is 4.82. The van der Waals surface area contributed by atoms with Crippen molar-refractivity contribution in [2.45, 2.75) is 54.5 Å². The van der Waals surface area contributed by atoms with E-state index in [1.807, 2.05) is 42.8 Å². The molecule has 8 heteroatoms.